The molecule has 2 amide bonds. The van der Waals surface area contributed by atoms with Gasteiger partial charge < -0.3 is 5.73 Å². The molecule has 5 nitrogen and oxygen atoms in total. The van der Waals surface area contributed by atoms with Crippen LogP contribution in [0.5, 0.6) is 0 Å². The second kappa shape index (κ2) is 4.90. The SMILES string of the molecule is Cc1ccccc1/C=N\NC(=O)C(N)=O. The number of nitrogens with one attached hydrogen (secondary N) is 1. The molecule has 0 unspecified atom stereocenters. The van der Waals surface area contributed by atoms with E-state index in [1.807, 2.05) is 36.6 Å². The summed E-state index contributed by atoms with van der Waals surface area (Å²) in [6.45, 7) is 1.91. The van der Waals surface area contributed by atoms with Crippen LogP contribution in [-0.2, 0) is 9.59 Å². The van der Waals surface area contributed by atoms with Crippen molar-refractivity contribution < 1.29 is 9.59 Å². The van der Waals surface area contributed by atoms with Gasteiger partial charge >= 0.3 is 11.8 Å². The number of nitrogens with zero attached hydrogens (tertiary/aromatic N) is 1. The summed E-state index contributed by atoms with van der Waals surface area (Å²) in [6.07, 6.45) is 1.45. The molecule has 0 aromatic heterocycles. The Morgan fingerprint density at radius 2 is 2.07 bits per heavy atom. The van der Waals surface area contributed by atoms with Crippen LogP contribution in [0.25, 0.3) is 0 Å². The van der Waals surface area contributed by atoms with Gasteiger partial charge in [-0.15, -0.1) is 0 Å². The zero-order chi connectivity index (χ0) is 11.3. The van der Waals surface area contributed by atoms with Crippen LogP contribution in [0, 0.1) is 6.92 Å². The van der Waals surface area contributed by atoms with Gasteiger partial charge in [0.2, 0.25) is 0 Å². The molecule has 0 aliphatic rings. The number of hydrogen-bond donors (Lipinski definition) is 2. The minimum Gasteiger partial charge on any atom is -0.361 e. The Balaban J connectivity index is 2.63. The number of primary amides is 1. The lowest BCUT2D eigenvalue weighted by Crippen LogP contribution is -2.32. The lowest BCUT2D eigenvalue weighted by Gasteiger charge is -1.97. The Bertz CT molecular complexity index is 413. The highest BCUT2D eigenvalue weighted by atomic mass is 16.2. The molecule has 5 heteroatoms. The summed E-state index contributed by atoms with van der Waals surface area (Å²) in [5.41, 5.74) is 8.62. The Morgan fingerprint density at radius 1 is 1.40 bits per heavy atom. The second-order valence-electron chi connectivity index (χ2n) is 2.92. The number of carbonyl (C=O) groups is 2. The molecular weight excluding hydrogens is 194 g/mol. The van der Waals surface area contributed by atoms with E-state index in [4.69, 9.17) is 5.73 Å². The van der Waals surface area contributed by atoms with Gasteiger partial charge in [0.05, 0.1) is 6.21 Å². The van der Waals surface area contributed by atoms with Gasteiger partial charge in [0.15, 0.2) is 0 Å². The number of hydrogen-bond acceptors (Lipinski definition) is 3. The second-order valence-corrected chi connectivity index (χ2v) is 2.92. The summed E-state index contributed by atoms with van der Waals surface area (Å²) in [7, 11) is 0. The number of nitrogens with two attached hydrogens (primary N) is 1. The van der Waals surface area contributed by atoms with Gasteiger partial charge in [0.25, 0.3) is 0 Å². The molecule has 15 heavy (non-hydrogen) atoms. The Hall–Kier alpha value is -2.17. The van der Waals surface area contributed by atoms with E-state index in [0.29, 0.717) is 0 Å². The highest BCUT2D eigenvalue weighted by Gasteiger charge is 2.05. The standard InChI is InChI=1S/C10H11N3O2/c1-7-4-2-3-5-8(7)6-12-13-10(15)9(11)14/h2-6H,1H3,(H2,11,14)(H,13,15)/b12-6-. The molecule has 0 aliphatic carbocycles. The van der Waals surface area contributed by atoms with E-state index in [0.717, 1.165) is 11.1 Å². The van der Waals surface area contributed by atoms with Crippen LogP contribution in [-0.4, -0.2) is 18.0 Å². The molecule has 1 rings (SSSR count). The molecule has 0 atom stereocenters. The first-order valence-electron chi connectivity index (χ1n) is 4.29. The Kier molecular flexibility index (Phi) is 3.56. The van der Waals surface area contributed by atoms with Crippen molar-refractivity contribution in [1.29, 1.82) is 0 Å². The number of benzene rings is 1. The zero-order valence-electron chi connectivity index (χ0n) is 8.23. The zero-order valence-corrected chi connectivity index (χ0v) is 8.23. The van der Waals surface area contributed by atoms with Crippen LogP contribution in [0.4, 0.5) is 0 Å². The number of aryl methyl sites for hydroxylation is 1. The molecule has 3 N–H and O–H groups in total. The Morgan fingerprint density at radius 3 is 2.67 bits per heavy atom. The molecule has 0 fully saturated rings. The molecule has 1 aromatic rings. The largest absolute Gasteiger partial charge is 0.361 e. The maximum absolute atomic E-state index is 10.7. The minimum atomic E-state index is -1.06. The van der Waals surface area contributed by atoms with Crippen molar-refractivity contribution >= 4 is 18.0 Å². The van der Waals surface area contributed by atoms with Gasteiger partial charge in [-0.25, -0.2) is 5.43 Å². The third-order valence-corrected chi connectivity index (χ3v) is 1.78. The minimum absolute atomic E-state index is 0.863. The van der Waals surface area contributed by atoms with Gasteiger partial charge in [-0.3, -0.25) is 9.59 Å². The predicted molar refractivity (Wildman–Crippen MR) is 56.1 cm³/mol. The average molecular weight is 205 g/mol. The van der Waals surface area contributed by atoms with Crippen LogP contribution in [0.2, 0.25) is 0 Å². The summed E-state index contributed by atoms with van der Waals surface area (Å²) in [5.74, 6) is -1.99. The molecular formula is C10H11N3O2. The molecule has 0 radical (unpaired) electrons. The van der Waals surface area contributed by atoms with E-state index in [1.54, 1.807) is 0 Å². The topological polar surface area (TPSA) is 84.6 Å². The number of carbonyl (C=O) groups excluding carboxylic acids is 2. The molecule has 0 saturated heterocycles. The molecule has 0 heterocycles. The summed E-state index contributed by atoms with van der Waals surface area (Å²) in [4.78, 5) is 21.1. The monoisotopic (exact) mass is 205 g/mol. The first-order chi connectivity index (χ1) is 7.11. The predicted octanol–water partition coefficient (Wildman–Crippen LogP) is -0.0696. The Labute approximate surface area is 87.0 Å². The van der Waals surface area contributed by atoms with E-state index in [9.17, 15) is 9.59 Å². The smallest absolute Gasteiger partial charge is 0.329 e. The quantitative estimate of drug-likeness (QED) is 0.402. The third kappa shape index (κ3) is 3.22. The molecule has 0 aliphatic heterocycles. The van der Waals surface area contributed by atoms with Gasteiger partial charge in [0, 0.05) is 0 Å². The normalized spacial score (nSPS) is 10.2. The lowest BCUT2D eigenvalue weighted by molar-refractivity contribution is -0.137. The summed E-state index contributed by atoms with van der Waals surface area (Å²) >= 11 is 0. The molecule has 1 aromatic carbocycles. The van der Waals surface area contributed by atoms with Crippen LogP contribution >= 0.6 is 0 Å². The van der Waals surface area contributed by atoms with E-state index in [-0.39, 0.29) is 0 Å². The van der Waals surface area contributed by atoms with Crippen molar-refractivity contribution in [1.82, 2.24) is 5.43 Å². The van der Waals surface area contributed by atoms with E-state index in [1.165, 1.54) is 6.21 Å². The maximum Gasteiger partial charge on any atom is 0.329 e. The molecule has 0 spiro atoms. The number of hydrazone groups is 1. The van der Waals surface area contributed by atoms with Crippen LogP contribution < -0.4 is 11.2 Å². The number of rotatable bonds is 2. The first kappa shape index (κ1) is 10.9. The average Bonchev–Trinajstić information content (AvgIpc) is 2.20. The van der Waals surface area contributed by atoms with Crippen molar-refractivity contribution in [2.75, 3.05) is 0 Å². The number of amides is 2. The fourth-order valence-corrected chi connectivity index (χ4v) is 0.947. The van der Waals surface area contributed by atoms with Crippen LogP contribution in [0.3, 0.4) is 0 Å². The summed E-state index contributed by atoms with van der Waals surface area (Å²) in [5, 5.41) is 3.60. The van der Waals surface area contributed by atoms with Crippen molar-refractivity contribution in [2.24, 2.45) is 10.8 Å². The molecule has 78 valence electrons. The van der Waals surface area contributed by atoms with E-state index < -0.39 is 11.8 Å². The highest BCUT2D eigenvalue weighted by molar-refractivity contribution is 6.34. The first-order valence-corrected chi connectivity index (χ1v) is 4.29. The fourth-order valence-electron chi connectivity index (χ4n) is 0.947. The van der Waals surface area contributed by atoms with E-state index >= 15 is 0 Å². The van der Waals surface area contributed by atoms with Gasteiger partial charge in [0.1, 0.15) is 0 Å². The van der Waals surface area contributed by atoms with E-state index in [2.05, 4.69) is 5.10 Å². The maximum atomic E-state index is 10.7. The van der Waals surface area contributed by atoms with Gasteiger partial charge in [-0.1, -0.05) is 24.3 Å². The van der Waals surface area contributed by atoms with Gasteiger partial charge in [-0.2, -0.15) is 5.10 Å². The lowest BCUT2D eigenvalue weighted by atomic mass is 10.1. The highest BCUT2D eigenvalue weighted by Crippen LogP contribution is 2.02. The van der Waals surface area contributed by atoms with Crippen molar-refractivity contribution in [3.8, 4) is 0 Å². The summed E-state index contributed by atoms with van der Waals surface area (Å²) in [6, 6.07) is 7.51. The van der Waals surface area contributed by atoms with Crippen molar-refractivity contribution in [3.05, 3.63) is 35.4 Å². The van der Waals surface area contributed by atoms with Crippen molar-refractivity contribution in [3.63, 3.8) is 0 Å². The van der Waals surface area contributed by atoms with Crippen LogP contribution in [0.15, 0.2) is 29.4 Å². The fraction of sp³-hybridized carbons (Fsp3) is 0.100. The summed E-state index contributed by atoms with van der Waals surface area (Å²) < 4.78 is 0. The molecule has 0 bridgehead atoms. The van der Waals surface area contributed by atoms with Crippen molar-refractivity contribution in [2.45, 2.75) is 6.92 Å². The third-order valence-electron chi connectivity index (χ3n) is 1.78. The van der Waals surface area contributed by atoms with Crippen LogP contribution in [0.1, 0.15) is 11.1 Å². The molecule has 0 saturated carbocycles. The van der Waals surface area contributed by atoms with Gasteiger partial charge in [-0.05, 0) is 18.1 Å².